The van der Waals surface area contributed by atoms with Gasteiger partial charge in [-0.15, -0.1) is 0 Å². The molecule has 104 valence electrons. The fourth-order valence-electron chi connectivity index (χ4n) is 2.17. The standard InChI is InChI=1S/C15H21NO2S/c1-11(2)18-14-7-5-4-6-12(14)15(17)13-10-19-9-8-16(13)3/h4-7,11,13H,8-10H2,1-3H3. The summed E-state index contributed by atoms with van der Waals surface area (Å²) in [6, 6.07) is 7.52. The Morgan fingerprint density at radius 1 is 1.42 bits per heavy atom. The maximum absolute atomic E-state index is 12.7. The number of carbonyl (C=O) groups excluding carboxylic acids is 1. The van der Waals surface area contributed by atoms with E-state index >= 15 is 0 Å². The van der Waals surface area contributed by atoms with Gasteiger partial charge in [-0.2, -0.15) is 11.8 Å². The fourth-order valence-corrected chi connectivity index (χ4v) is 3.38. The summed E-state index contributed by atoms with van der Waals surface area (Å²) in [7, 11) is 2.02. The lowest BCUT2D eigenvalue weighted by Gasteiger charge is -2.31. The van der Waals surface area contributed by atoms with Crippen LogP contribution in [0.4, 0.5) is 0 Å². The Kier molecular flexibility index (Phi) is 4.88. The number of nitrogens with zero attached hydrogens (tertiary/aromatic N) is 1. The van der Waals surface area contributed by atoms with Crippen LogP contribution in [0.3, 0.4) is 0 Å². The van der Waals surface area contributed by atoms with Crippen molar-refractivity contribution >= 4 is 17.5 Å². The number of hydrogen-bond acceptors (Lipinski definition) is 4. The Labute approximate surface area is 119 Å². The molecule has 1 aliphatic rings. The average Bonchev–Trinajstić information content (AvgIpc) is 2.38. The second-order valence-electron chi connectivity index (χ2n) is 5.10. The Morgan fingerprint density at radius 2 is 2.16 bits per heavy atom. The number of para-hydroxylation sites is 1. The van der Waals surface area contributed by atoms with Gasteiger partial charge in [-0.05, 0) is 33.0 Å². The van der Waals surface area contributed by atoms with E-state index in [2.05, 4.69) is 4.90 Å². The highest BCUT2D eigenvalue weighted by Crippen LogP contribution is 2.25. The molecule has 1 fully saturated rings. The minimum Gasteiger partial charge on any atom is -0.490 e. The summed E-state index contributed by atoms with van der Waals surface area (Å²) < 4.78 is 5.75. The molecule has 0 radical (unpaired) electrons. The van der Waals surface area contributed by atoms with Crippen LogP contribution in [0.1, 0.15) is 24.2 Å². The van der Waals surface area contributed by atoms with Crippen molar-refractivity contribution in [2.24, 2.45) is 0 Å². The number of carbonyl (C=O) groups is 1. The van der Waals surface area contributed by atoms with Gasteiger partial charge in [0.1, 0.15) is 5.75 Å². The van der Waals surface area contributed by atoms with Crippen molar-refractivity contribution < 1.29 is 9.53 Å². The van der Waals surface area contributed by atoms with Gasteiger partial charge in [-0.3, -0.25) is 9.69 Å². The summed E-state index contributed by atoms with van der Waals surface area (Å²) in [5.74, 6) is 2.84. The lowest BCUT2D eigenvalue weighted by atomic mass is 10.0. The molecule has 3 nitrogen and oxygen atoms in total. The summed E-state index contributed by atoms with van der Waals surface area (Å²) in [4.78, 5) is 14.8. The van der Waals surface area contributed by atoms with Crippen molar-refractivity contribution in [3.63, 3.8) is 0 Å². The summed E-state index contributed by atoms with van der Waals surface area (Å²) in [5.41, 5.74) is 0.704. The van der Waals surface area contributed by atoms with E-state index in [-0.39, 0.29) is 17.9 Å². The SMILES string of the molecule is CC(C)Oc1ccccc1C(=O)C1CSCCN1C. The van der Waals surface area contributed by atoms with Gasteiger partial charge in [0.2, 0.25) is 0 Å². The van der Waals surface area contributed by atoms with Gasteiger partial charge in [0.15, 0.2) is 5.78 Å². The topological polar surface area (TPSA) is 29.5 Å². The van der Waals surface area contributed by atoms with E-state index in [1.165, 1.54) is 0 Å². The zero-order valence-electron chi connectivity index (χ0n) is 11.8. The summed E-state index contributed by atoms with van der Waals surface area (Å²) in [6.07, 6.45) is 0.0763. The maximum atomic E-state index is 12.7. The van der Waals surface area contributed by atoms with E-state index < -0.39 is 0 Å². The minimum atomic E-state index is -0.0318. The van der Waals surface area contributed by atoms with Crippen LogP contribution in [0.15, 0.2) is 24.3 Å². The third-order valence-corrected chi connectivity index (χ3v) is 4.24. The second-order valence-corrected chi connectivity index (χ2v) is 6.25. The van der Waals surface area contributed by atoms with Crippen LogP contribution in [-0.4, -0.2) is 47.9 Å². The number of thioether (sulfide) groups is 1. The molecule has 4 heteroatoms. The van der Waals surface area contributed by atoms with Gasteiger partial charge in [0.25, 0.3) is 0 Å². The predicted molar refractivity (Wildman–Crippen MR) is 80.3 cm³/mol. The quantitative estimate of drug-likeness (QED) is 0.793. The van der Waals surface area contributed by atoms with Crippen LogP contribution >= 0.6 is 11.8 Å². The predicted octanol–water partition coefficient (Wildman–Crippen LogP) is 2.70. The van der Waals surface area contributed by atoms with Crippen molar-refractivity contribution in [2.45, 2.75) is 26.0 Å². The zero-order valence-corrected chi connectivity index (χ0v) is 12.6. The van der Waals surface area contributed by atoms with Crippen molar-refractivity contribution in [3.05, 3.63) is 29.8 Å². The van der Waals surface area contributed by atoms with E-state index in [9.17, 15) is 4.79 Å². The van der Waals surface area contributed by atoms with Gasteiger partial charge in [0.05, 0.1) is 17.7 Å². The highest BCUT2D eigenvalue weighted by atomic mass is 32.2. The maximum Gasteiger partial charge on any atom is 0.184 e. The first-order valence-corrected chi connectivity index (χ1v) is 7.83. The molecule has 1 unspecified atom stereocenters. The van der Waals surface area contributed by atoms with Gasteiger partial charge in [0, 0.05) is 18.1 Å². The fraction of sp³-hybridized carbons (Fsp3) is 0.533. The molecule has 2 rings (SSSR count). The lowest BCUT2D eigenvalue weighted by Crippen LogP contribution is -2.44. The Morgan fingerprint density at radius 3 is 2.84 bits per heavy atom. The highest BCUT2D eigenvalue weighted by Gasteiger charge is 2.28. The van der Waals surface area contributed by atoms with E-state index in [1.54, 1.807) is 0 Å². The summed E-state index contributed by atoms with van der Waals surface area (Å²) >= 11 is 1.85. The normalized spacial score (nSPS) is 20.5. The third kappa shape index (κ3) is 3.51. The molecule has 0 aliphatic carbocycles. The summed E-state index contributed by atoms with van der Waals surface area (Å²) in [6.45, 7) is 4.92. The molecule has 1 saturated heterocycles. The van der Waals surface area contributed by atoms with Crippen LogP contribution in [0.2, 0.25) is 0 Å². The Balaban J connectivity index is 2.22. The molecular weight excluding hydrogens is 258 g/mol. The molecule has 0 amide bonds. The van der Waals surface area contributed by atoms with Crippen molar-refractivity contribution in [2.75, 3.05) is 25.1 Å². The zero-order chi connectivity index (χ0) is 13.8. The van der Waals surface area contributed by atoms with Crippen LogP contribution in [0.5, 0.6) is 5.75 Å². The number of benzene rings is 1. The average molecular weight is 279 g/mol. The first-order valence-electron chi connectivity index (χ1n) is 6.67. The number of rotatable bonds is 4. The molecule has 0 aromatic heterocycles. The second kappa shape index (κ2) is 6.44. The largest absolute Gasteiger partial charge is 0.490 e. The molecule has 0 saturated carbocycles. The van der Waals surface area contributed by atoms with Crippen molar-refractivity contribution in [3.8, 4) is 5.75 Å². The Hall–Kier alpha value is -1.00. The number of ether oxygens (including phenoxy) is 1. The molecule has 0 spiro atoms. The highest BCUT2D eigenvalue weighted by molar-refractivity contribution is 7.99. The molecule has 1 atom stereocenters. The molecule has 1 heterocycles. The molecule has 19 heavy (non-hydrogen) atoms. The van der Waals surface area contributed by atoms with Crippen LogP contribution < -0.4 is 4.74 Å². The molecule has 0 bridgehead atoms. The molecule has 0 N–H and O–H groups in total. The number of ketones is 1. The summed E-state index contributed by atoms with van der Waals surface area (Å²) in [5, 5.41) is 0. The number of likely N-dealkylation sites (N-methyl/N-ethyl adjacent to an activating group) is 1. The van der Waals surface area contributed by atoms with Crippen LogP contribution in [0, 0.1) is 0 Å². The van der Waals surface area contributed by atoms with Crippen molar-refractivity contribution in [1.82, 2.24) is 4.90 Å². The molecule has 1 aromatic rings. The molecule has 1 aromatic carbocycles. The van der Waals surface area contributed by atoms with Crippen LogP contribution in [0.25, 0.3) is 0 Å². The molecular formula is C15H21NO2S. The van der Waals surface area contributed by atoms with Gasteiger partial charge >= 0.3 is 0 Å². The Bertz CT molecular complexity index is 448. The third-order valence-electron chi connectivity index (χ3n) is 3.21. The van der Waals surface area contributed by atoms with E-state index in [4.69, 9.17) is 4.74 Å². The van der Waals surface area contributed by atoms with Crippen LogP contribution in [-0.2, 0) is 0 Å². The van der Waals surface area contributed by atoms with Gasteiger partial charge in [-0.25, -0.2) is 0 Å². The first-order chi connectivity index (χ1) is 9.09. The van der Waals surface area contributed by atoms with E-state index in [0.717, 1.165) is 18.1 Å². The lowest BCUT2D eigenvalue weighted by molar-refractivity contribution is 0.0868. The van der Waals surface area contributed by atoms with Gasteiger partial charge < -0.3 is 4.74 Å². The first kappa shape index (κ1) is 14.4. The minimum absolute atomic E-state index is 0.0318. The number of hydrogen-bond donors (Lipinski definition) is 0. The number of Topliss-reactive ketones (excluding diaryl/α,β-unsaturated/α-hetero) is 1. The monoisotopic (exact) mass is 279 g/mol. The van der Waals surface area contributed by atoms with Crippen molar-refractivity contribution in [1.29, 1.82) is 0 Å². The smallest absolute Gasteiger partial charge is 0.184 e. The van der Waals surface area contributed by atoms with Gasteiger partial charge in [-0.1, -0.05) is 12.1 Å². The molecule has 1 aliphatic heterocycles. The van der Waals surface area contributed by atoms with E-state index in [1.807, 2.05) is 56.9 Å². The van der Waals surface area contributed by atoms with E-state index in [0.29, 0.717) is 11.3 Å².